The van der Waals surface area contributed by atoms with E-state index in [1.807, 2.05) is 60.7 Å². The fourth-order valence-electron chi connectivity index (χ4n) is 2.82. The van der Waals surface area contributed by atoms with Gasteiger partial charge in [0.05, 0.1) is 11.1 Å². The van der Waals surface area contributed by atoms with Crippen LogP contribution in [0.25, 0.3) is 21.5 Å². The van der Waals surface area contributed by atoms with E-state index >= 15 is 0 Å². The van der Waals surface area contributed by atoms with E-state index in [9.17, 15) is 9.59 Å². The zero-order valence-electron chi connectivity index (χ0n) is 14.1. The minimum atomic E-state index is -0.878. The van der Waals surface area contributed by atoms with E-state index in [-0.39, 0.29) is 17.1 Å². The van der Waals surface area contributed by atoms with Gasteiger partial charge in [-0.25, -0.2) is 9.59 Å². The minimum absolute atomic E-state index is 0. The molecule has 0 aliphatic rings. The van der Waals surface area contributed by atoms with Crippen LogP contribution in [-0.2, 0) is 17.1 Å². The molecule has 0 radical (unpaired) electrons. The van der Waals surface area contributed by atoms with E-state index in [2.05, 4.69) is 0 Å². The number of hydrogen-bond acceptors (Lipinski definition) is 2. The molecule has 0 unspecified atom stereocenters. The van der Waals surface area contributed by atoms with Crippen molar-refractivity contribution < 1.29 is 36.9 Å². The van der Waals surface area contributed by atoms with E-state index in [1.165, 1.54) is 0 Å². The summed E-state index contributed by atoms with van der Waals surface area (Å²) in [7, 11) is 0. The summed E-state index contributed by atoms with van der Waals surface area (Å²) < 4.78 is 0. The first kappa shape index (κ1) is 20.2. The van der Waals surface area contributed by atoms with E-state index in [0.717, 1.165) is 21.5 Å². The summed E-state index contributed by atoms with van der Waals surface area (Å²) in [5.41, 5.74) is 0.719. The standard InChI is InChI=1S/2C11H8O2.Fe/c2*12-11(13)10-7-3-5-8-4-1-2-6-9(8)10;/h2*1-7H,(H,12,13);. The predicted octanol–water partition coefficient (Wildman–Crippen LogP) is 5.07. The fraction of sp³-hybridized carbons (Fsp3) is 0. The number of carbonyl (C=O) groups is 2. The second kappa shape index (κ2) is 8.99. The molecule has 0 bridgehead atoms. The number of carboxylic acid groups (broad SMARTS) is 2. The molecule has 0 aliphatic heterocycles. The van der Waals surface area contributed by atoms with Crippen LogP contribution in [-0.4, -0.2) is 22.2 Å². The van der Waals surface area contributed by atoms with Crippen molar-refractivity contribution in [2.45, 2.75) is 0 Å². The van der Waals surface area contributed by atoms with Crippen molar-refractivity contribution in [3.8, 4) is 0 Å². The zero-order valence-corrected chi connectivity index (χ0v) is 15.3. The Kier molecular flexibility index (Phi) is 6.72. The molecule has 136 valence electrons. The molecule has 0 saturated carbocycles. The van der Waals surface area contributed by atoms with Crippen molar-refractivity contribution in [2.75, 3.05) is 0 Å². The summed E-state index contributed by atoms with van der Waals surface area (Å²) in [5, 5.41) is 21.3. The topological polar surface area (TPSA) is 74.6 Å². The molecule has 0 fully saturated rings. The zero-order chi connectivity index (χ0) is 18.5. The Morgan fingerprint density at radius 1 is 0.519 bits per heavy atom. The third-order valence-corrected chi connectivity index (χ3v) is 4.04. The molecule has 4 rings (SSSR count). The molecule has 27 heavy (non-hydrogen) atoms. The van der Waals surface area contributed by atoms with Crippen molar-refractivity contribution in [1.82, 2.24) is 0 Å². The third-order valence-electron chi connectivity index (χ3n) is 4.04. The van der Waals surface area contributed by atoms with E-state index in [0.29, 0.717) is 11.1 Å². The van der Waals surface area contributed by atoms with Crippen molar-refractivity contribution >= 4 is 33.5 Å². The van der Waals surface area contributed by atoms with Gasteiger partial charge in [0, 0.05) is 17.1 Å². The summed E-state index contributed by atoms with van der Waals surface area (Å²) in [6, 6.07) is 25.5. The summed E-state index contributed by atoms with van der Waals surface area (Å²) in [6.45, 7) is 0. The summed E-state index contributed by atoms with van der Waals surface area (Å²) >= 11 is 0. The molecule has 0 spiro atoms. The molecule has 0 heterocycles. The van der Waals surface area contributed by atoms with Gasteiger partial charge in [-0.15, -0.1) is 0 Å². The van der Waals surface area contributed by atoms with Crippen LogP contribution in [0.4, 0.5) is 0 Å². The maximum absolute atomic E-state index is 10.8. The maximum atomic E-state index is 10.8. The molecule has 0 aliphatic carbocycles. The second-order valence-corrected chi connectivity index (χ2v) is 5.66. The summed E-state index contributed by atoms with van der Waals surface area (Å²) in [6.07, 6.45) is 0. The Balaban J connectivity index is 0.000000187. The van der Waals surface area contributed by atoms with Gasteiger partial charge in [0.25, 0.3) is 0 Å². The molecule has 4 aromatic rings. The number of benzene rings is 4. The van der Waals surface area contributed by atoms with Crippen LogP contribution < -0.4 is 0 Å². The smallest absolute Gasteiger partial charge is 0.336 e. The van der Waals surface area contributed by atoms with Crippen LogP contribution >= 0.6 is 0 Å². The Hall–Kier alpha value is -3.14. The van der Waals surface area contributed by atoms with Gasteiger partial charge in [-0.3, -0.25) is 0 Å². The Morgan fingerprint density at radius 3 is 1.22 bits per heavy atom. The van der Waals surface area contributed by atoms with E-state index in [4.69, 9.17) is 10.2 Å². The van der Waals surface area contributed by atoms with Gasteiger partial charge in [-0.05, 0) is 33.7 Å². The van der Waals surface area contributed by atoms with E-state index < -0.39 is 11.9 Å². The molecule has 0 amide bonds. The number of hydrogen-bond donors (Lipinski definition) is 2. The van der Waals surface area contributed by atoms with Crippen molar-refractivity contribution in [1.29, 1.82) is 0 Å². The van der Waals surface area contributed by atoms with Crippen molar-refractivity contribution in [3.05, 3.63) is 96.1 Å². The van der Waals surface area contributed by atoms with Crippen molar-refractivity contribution in [2.24, 2.45) is 0 Å². The average molecular weight is 400 g/mol. The van der Waals surface area contributed by atoms with Crippen LogP contribution in [0.3, 0.4) is 0 Å². The largest absolute Gasteiger partial charge is 0.478 e. The molecule has 2 N–H and O–H groups in total. The first-order valence-electron chi connectivity index (χ1n) is 8.00. The Bertz CT molecular complexity index is 1010. The van der Waals surface area contributed by atoms with Crippen LogP contribution in [0.5, 0.6) is 0 Å². The van der Waals surface area contributed by atoms with Gasteiger partial charge in [0.2, 0.25) is 0 Å². The van der Waals surface area contributed by atoms with Gasteiger partial charge < -0.3 is 10.2 Å². The number of rotatable bonds is 2. The Morgan fingerprint density at radius 2 is 0.852 bits per heavy atom. The molecular formula is C22H16FeO4. The molecular weight excluding hydrogens is 384 g/mol. The van der Waals surface area contributed by atoms with Crippen LogP contribution in [0.1, 0.15) is 20.7 Å². The average Bonchev–Trinajstić information content (AvgIpc) is 2.67. The molecule has 4 nitrogen and oxygen atoms in total. The van der Waals surface area contributed by atoms with Crippen LogP contribution in [0.2, 0.25) is 0 Å². The Labute approximate surface area is 166 Å². The third kappa shape index (κ3) is 4.53. The van der Waals surface area contributed by atoms with Gasteiger partial charge in [0.15, 0.2) is 0 Å². The summed E-state index contributed by atoms with van der Waals surface area (Å²) in [4.78, 5) is 21.6. The van der Waals surface area contributed by atoms with Gasteiger partial charge in [-0.1, -0.05) is 72.8 Å². The van der Waals surface area contributed by atoms with Gasteiger partial charge in [-0.2, -0.15) is 0 Å². The first-order chi connectivity index (χ1) is 12.6. The quantitative estimate of drug-likeness (QED) is 0.461. The first-order valence-corrected chi connectivity index (χ1v) is 8.00. The fourth-order valence-corrected chi connectivity index (χ4v) is 2.82. The molecule has 0 atom stereocenters. The maximum Gasteiger partial charge on any atom is 0.336 e. The van der Waals surface area contributed by atoms with Crippen LogP contribution in [0, 0.1) is 0 Å². The predicted molar refractivity (Wildman–Crippen MR) is 102 cm³/mol. The minimum Gasteiger partial charge on any atom is -0.478 e. The molecule has 0 aromatic heterocycles. The molecule has 5 heteroatoms. The SMILES string of the molecule is O=C(O)c1cccc2ccccc12.O=C(O)c1cccc2ccccc12.[Fe]. The molecule has 0 saturated heterocycles. The normalized spacial score (nSPS) is 9.78. The van der Waals surface area contributed by atoms with Crippen molar-refractivity contribution in [3.63, 3.8) is 0 Å². The second-order valence-electron chi connectivity index (χ2n) is 5.66. The van der Waals surface area contributed by atoms with Crippen LogP contribution in [0.15, 0.2) is 84.9 Å². The number of carboxylic acids is 2. The summed E-state index contributed by atoms with van der Waals surface area (Å²) in [5.74, 6) is -1.76. The number of aromatic carboxylic acids is 2. The van der Waals surface area contributed by atoms with Gasteiger partial charge >= 0.3 is 11.9 Å². The van der Waals surface area contributed by atoms with E-state index in [1.54, 1.807) is 24.3 Å². The van der Waals surface area contributed by atoms with Gasteiger partial charge in [0.1, 0.15) is 0 Å². The monoisotopic (exact) mass is 400 g/mol. The molecule has 4 aromatic carbocycles. The number of fused-ring (bicyclic) bond motifs is 2.